The summed E-state index contributed by atoms with van der Waals surface area (Å²) in [5.41, 5.74) is 0. The molecule has 0 N–H and O–H groups in total. The molecule has 0 fully saturated rings. The second-order valence-electron chi connectivity index (χ2n) is 21.0. The van der Waals surface area contributed by atoms with E-state index in [2.05, 4.69) is 45.1 Å². The van der Waals surface area contributed by atoms with Gasteiger partial charge >= 0.3 is 11.9 Å². The predicted octanol–water partition coefficient (Wildman–Crippen LogP) is 21.1. The molecule has 0 aliphatic heterocycles. The van der Waals surface area contributed by atoms with E-state index in [-0.39, 0.29) is 18.5 Å². The molecule has 0 heterocycles. The van der Waals surface area contributed by atoms with Crippen molar-refractivity contribution < 1.29 is 23.8 Å². The molecule has 5 heteroatoms. The molecule has 0 rings (SSSR count). The molecule has 0 aliphatic rings. The van der Waals surface area contributed by atoms with E-state index in [1.54, 1.807) is 0 Å². The van der Waals surface area contributed by atoms with Crippen LogP contribution in [0.15, 0.2) is 24.3 Å². The summed E-state index contributed by atoms with van der Waals surface area (Å²) in [7, 11) is 0. The van der Waals surface area contributed by atoms with Gasteiger partial charge in [0.15, 0.2) is 6.10 Å². The Labute approximate surface area is 426 Å². The molecule has 0 unspecified atom stereocenters. The molecule has 0 bridgehead atoms. The van der Waals surface area contributed by atoms with E-state index < -0.39 is 6.10 Å². The van der Waals surface area contributed by atoms with Gasteiger partial charge in [-0.3, -0.25) is 9.59 Å². The fraction of sp³-hybridized carbons (Fsp3) is 0.905. The number of esters is 2. The highest BCUT2D eigenvalue weighted by Crippen LogP contribution is 2.17. The van der Waals surface area contributed by atoms with Gasteiger partial charge in [0.1, 0.15) is 6.61 Å². The number of hydrogen-bond acceptors (Lipinski definition) is 5. The topological polar surface area (TPSA) is 61.8 Å². The summed E-state index contributed by atoms with van der Waals surface area (Å²) < 4.78 is 17.5. The number of allylic oxidation sites excluding steroid dienone is 4. The fourth-order valence-electron chi connectivity index (χ4n) is 9.37. The number of rotatable bonds is 58. The second kappa shape index (κ2) is 59.7. The van der Waals surface area contributed by atoms with E-state index >= 15 is 0 Å². The lowest BCUT2D eigenvalue weighted by molar-refractivity contribution is -0.163. The zero-order chi connectivity index (χ0) is 49.2. The Hall–Kier alpha value is -1.62. The van der Waals surface area contributed by atoms with E-state index in [4.69, 9.17) is 14.2 Å². The molecular formula is C63H120O5. The SMILES string of the molecule is CCCCC/C=C\C/C=C\CCCCCCCC(=O)O[C@H](COCCCCCCCCCCCCCCCCCC)COC(=O)CCCCCCCCCCCCCCCCCCCCCCC. The van der Waals surface area contributed by atoms with Gasteiger partial charge in [-0.25, -0.2) is 0 Å². The van der Waals surface area contributed by atoms with Crippen molar-refractivity contribution in [1.82, 2.24) is 0 Å². The van der Waals surface area contributed by atoms with Crippen LogP contribution in [0.25, 0.3) is 0 Å². The Morgan fingerprint density at radius 1 is 0.324 bits per heavy atom. The third-order valence-corrected chi connectivity index (χ3v) is 14.0. The third kappa shape index (κ3) is 57.0. The van der Waals surface area contributed by atoms with Crippen LogP contribution >= 0.6 is 0 Å². The summed E-state index contributed by atoms with van der Waals surface area (Å²) >= 11 is 0. The minimum absolute atomic E-state index is 0.0882. The Bertz CT molecular complexity index is 1040. The quantitative estimate of drug-likeness (QED) is 0.0345. The highest BCUT2D eigenvalue weighted by molar-refractivity contribution is 5.70. The summed E-state index contributed by atoms with van der Waals surface area (Å²) in [5.74, 6) is -0.387. The zero-order valence-electron chi connectivity index (χ0n) is 46.4. The van der Waals surface area contributed by atoms with Crippen molar-refractivity contribution in [3.8, 4) is 0 Å². The van der Waals surface area contributed by atoms with Crippen LogP contribution in [0, 0.1) is 0 Å². The normalized spacial score (nSPS) is 12.2. The van der Waals surface area contributed by atoms with E-state index in [9.17, 15) is 9.59 Å². The second-order valence-corrected chi connectivity index (χ2v) is 21.0. The van der Waals surface area contributed by atoms with Crippen molar-refractivity contribution in [2.24, 2.45) is 0 Å². The van der Waals surface area contributed by atoms with Crippen molar-refractivity contribution in [1.29, 1.82) is 0 Å². The lowest BCUT2D eigenvalue weighted by Gasteiger charge is -2.18. The number of ether oxygens (including phenoxy) is 3. The Balaban J connectivity index is 4.19. The van der Waals surface area contributed by atoms with Gasteiger partial charge in [0.05, 0.1) is 6.61 Å². The van der Waals surface area contributed by atoms with Crippen molar-refractivity contribution in [2.75, 3.05) is 19.8 Å². The molecule has 0 saturated carbocycles. The number of carbonyl (C=O) groups excluding carboxylic acids is 2. The molecule has 68 heavy (non-hydrogen) atoms. The largest absolute Gasteiger partial charge is 0.462 e. The summed E-state index contributed by atoms with van der Waals surface area (Å²) in [5, 5.41) is 0. The summed E-state index contributed by atoms with van der Waals surface area (Å²) in [6.45, 7) is 7.87. The standard InChI is InChI=1S/C63H120O5/c1-4-7-10-13-16-19-22-25-28-30-31-32-33-34-36-38-41-44-47-50-53-56-62(64)67-60-61(59-66-58-55-52-49-46-43-40-37-29-26-23-20-17-14-11-8-5-2)68-63(65)57-54-51-48-45-42-39-35-27-24-21-18-15-12-9-6-3/h18,21,27,35,61H,4-17,19-20,22-26,28-34,36-60H2,1-3H3/b21-18-,35-27-/t61-/m1/s1. The predicted molar refractivity (Wildman–Crippen MR) is 298 cm³/mol. The maximum atomic E-state index is 12.9. The molecule has 0 aromatic heterocycles. The van der Waals surface area contributed by atoms with Crippen LogP contribution in [-0.2, 0) is 23.8 Å². The monoisotopic (exact) mass is 957 g/mol. The van der Waals surface area contributed by atoms with E-state index in [1.165, 1.54) is 257 Å². The van der Waals surface area contributed by atoms with Crippen LogP contribution in [0.2, 0.25) is 0 Å². The maximum Gasteiger partial charge on any atom is 0.306 e. The summed E-state index contributed by atoms with van der Waals surface area (Å²) in [6.07, 6.45) is 72.1. The number of hydrogen-bond donors (Lipinski definition) is 0. The number of unbranched alkanes of at least 4 members (excludes halogenated alkanes) is 43. The first-order valence-electron chi connectivity index (χ1n) is 30.9. The molecule has 0 aromatic carbocycles. The van der Waals surface area contributed by atoms with Gasteiger partial charge in [-0.1, -0.05) is 302 Å². The fourth-order valence-corrected chi connectivity index (χ4v) is 9.37. The van der Waals surface area contributed by atoms with Crippen molar-refractivity contribution in [3.63, 3.8) is 0 Å². The summed E-state index contributed by atoms with van der Waals surface area (Å²) in [4.78, 5) is 25.6. The summed E-state index contributed by atoms with van der Waals surface area (Å²) in [6, 6.07) is 0. The molecular weight excluding hydrogens is 837 g/mol. The first-order valence-corrected chi connectivity index (χ1v) is 30.9. The van der Waals surface area contributed by atoms with E-state index in [0.29, 0.717) is 26.1 Å². The first-order chi connectivity index (χ1) is 33.6. The van der Waals surface area contributed by atoms with Gasteiger partial charge in [0.25, 0.3) is 0 Å². The lowest BCUT2D eigenvalue weighted by Crippen LogP contribution is -2.30. The molecule has 1 atom stereocenters. The van der Waals surface area contributed by atoms with Crippen LogP contribution in [0.3, 0.4) is 0 Å². The van der Waals surface area contributed by atoms with Crippen LogP contribution < -0.4 is 0 Å². The van der Waals surface area contributed by atoms with Gasteiger partial charge < -0.3 is 14.2 Å². The molecule has 0 aliphatic carbocycles. The molecule has 0 radical (unpaired) electrons. The van der Waals surface area contributed by atoms with Gasteiger partial charge in [-0.05, 0) is 51.4 Å². The minimum atomic E-state index is -0.537. The van der Waals surface area contributed by atoms with Gasteiger partial charge in [-0.2, -0.15) is 0 Å². The first kappa shape index (κ1) is 66.4. The minimum Gasteiger partial charge on any atom is -0.462 e. The Kier molecular flexibility index (Phi) is 58.3. The molecule has 0 amide bonds. The van der Waals surface area contributed by atoms with Crippen molar-refractivity contribution in [2.45, 2.75) is 348 Å². The van der Waals surface area contributed by atoms with Crippen LogP contribution in [0.5, 0.6) is 0 Å². The molecule has 5 nitrogen and oxygen atoms in total. The molecule has 0 aromatic rings. The average Bonchev–Trinajstić information content (AvgIpc) is 3.34. The van der Waals surface area contributed by atoms with Crippen LogP contribution in [0.1, 0.15) is 342 Å². The van der Waals surface area contributed by atoms with Gasteiger partial charge in [0, 0.05) is 19.4 Å². The Morgan fingerprint density at radius 2 is 0.618 bits per heavy atom. The van der Waals surface area contributed by atoms with Gasteiger partial charge in [0.2, 0.25) is 0 Å². The molecule has 0 spiro atoms. The Morgan fingerprint density at radius 3 is 1.00 bits per heavy atom. The molecule has 402 valence electrons. The van der Waals surface area contributed by atoms with Crippen LogP contribution in [-0.4, -0.2) is 37.9 Å². The smallest absolute Gasteiger partial charge is 0.306 e. The molecule has 0 saturated heterocycles. The highest BCUT2D eigenvalue weighted by Gasteiger charge is 2.18. The van der Waals surface area contributed by atoms with Crippen LogP contribution in [0.4, 0.5) is 0 Å². The van der Waals surface area contributed by atoms with Crippen molar-refractivity contribution >= 4 is 11.9 Å². The average molecular weight is 958 g/mol. The highest BCUT2D eigenvalue weighted by atomic mass is 16.6. The van der Waals surface area contributed by atoms with E-state index in [1.807, 2.05) is 0 Å². The maximum absolute atomic E-state index is 12.9. The zero-order valence-corrected chi connectivity index (χ0v) is 46.4. The lowest BCUT2D eigenvalue weighted by atomic mass is 10.0. The van der Waals surface area contributed by atoms with Gasteiger partial charge in [-0.15, -0.1) is 0 Å². The number of carbonyl (C=O) groups is 2. The van der Waals surface area contributed by atoms with Crippen molar-refractivity contribution in [3.05, 3.63) is 24.3 Å². The third-order valence-electron chi connectivity index (χ3n) is 14.0. The van der Waals surface area contributed by atoms with E-state index in [0.717, 1.165) is 51.4 Å².